The maximum Gasteiger partial charge on any atom is 0.350 e. The molecule has 1 atom stereocenters. The third kappa shape index (κ3) is 4.46. The minimum absolute atomic E-state index is 0.0954. The molecule has 0 aliphatic rings. The number of fused-ring (bicyclic) bond motifs is 1. The smallest absolute Gasteiger partial charge is 0.350 e. The van der Waals surface area contributed by atoms with Crippen LogP contribution in [0.2, 0.25) is 0 Å². The van der Waals surface area contributed by atoms with E-state index < -0.39 is 20.0 Å². The Bertz CT molecular complexity index is 736. The van der Waals surface area contributed by atoms with Gasteiger partial charge in [0.05, 0.1) is 25.2 Å². The predicted molar refractivity (Wildman–Crippen MR) is 78.3 cm³/mol. The van der Waals surface area contributed by atoms with Crippen molar-refractivity contribution in [3.63, 3.8) is 0 Å². The number of hydrogen-bond donors (Lipinski definition) is 4. The molecular weight excluding hydrogens is 313 g/mol. The lowest BCUT2D eigenvalue weighted by Crippen LogP contribution is -2.22. The number of hydrogen-bond acceptors (Lipinski definition) is 6. The second kappa shape index (κ2) is 6.36. The molecule has 0 spiro atoms. The fraction of sp³-hybridized carbons (Fsp3) is 0.400. The first-order valence-electron chi connectivity index (χ1n) is 6.18. The molecule has 0 aromatic carbocycles. The van der Waals surface area contributed by atoms with Crippen LogP contribution in [0.15, 0.2) is 17.5 Å². The summed E-state index contributed by atoms with van der Waals surface area (Å²) in [5.74, 6) is -0.0678. The van der Waals surface area contributed by atoms with Gasteiger partial charge in [-0.05, 0) is 6.92 Å². The fourth-order valence-electron chi connectivity index (χ4n) is 1.70. The van der Waals surface area contributed by atoms with Gasteiger partial charge < -0.3 is 30.6 Å². The van der Waals surface area contributed by atoms with Gasteiger partial charge in [0.15, 0.2) is 11.6 Å². The highest BCUT2D eigenvalue weighted by Crippen LogP contribution is 2.34. The average Bonchev–Trinajstić information content (AvgIpc) is 2.78. The van der Waals surface area contributed by atoms with Crippen molar-refractivity contribution in [2.45, 2.75) is 19.6 Å². The van der Waals surface area contributed by atoms with Gasteiger partial charge in [0, 0.05) is 0 Å². The Morgan fingerprint density at radius 3 is 2.86 bits per heavy atom. The van der Waals surface area contributed by atoms with Crippen LogP contribution in [0.25, 0.3) is 11.2 Å². The molecule has 2 aromatic heterocycles. The minimum Gasteiger partial charge on any atom is -0.370 e. The van der Waals surface area contributed by atoms with Crippen LogP contribution in [-0.2, 0) is 15.8 Å². The number of imidazole rings is 1. The highest BCUT2D eigenvalue weighted by atomic mass is 31.2. The normalized spacial score (nSPS) is 13.2. The summed E-state index contributed by atoms with van der Waals surface area (Å²) in [6, 6.07) is 0. The molecule has 0 saturated heterocycles. The van der Waals surface area contributed by atoms with Crippen molar-refractivity contribution in [2.75, 3.05) is 6.35 Å². The second-order valence-corrected chi connectivity index (χ2v) is 6.17. The Labute approximate surface area is 125 Å². The first kappa shape index (κ1) is 16.3. The molecule has 0 fully saturated rings. The van der Waals surface area contributed by atoms with Crippen molar-refractivity contribution in [2.24, 2.45) is 16.5 Å². The monoisotopic (exact) mass is 329 g/mol. The van der Waals surface area contributed by atoms with Crippen molar-refractivity contribution in [3.05, 3.63) is 12.5 Å². The van der Waals surface area contributed by atoms with Gasteiger partial charge in [-0.3, -0.25) is 4.57 Å². The zero-order valence-electron chi connectivity index (χ0n) is 11.7. The van der Waals surface area contributed by atoms with Crippen LogP contribution in [0.5, 0.6) is 0 Å². The number of aliphatic imine (C=N–C) groups is 1. The Hall–Kier alpha value is -2.07. The van der Waals surface area contributed by atoms with Gasteiger partial charge in [-0.25, -0.2) is 9.97 Å². The van der Waals surface area contributed by atoms with Crippen molar-refractivity contribution in [3.8, 4) is 0 Å². The largest absolute Gasteiger partial charge is 0.370 e. The van der Waals surface area contributed by atoms with Crippen molar-refractivity contribution >= 4 is 30.7 Å². The van der Waals surface area contributed by atoms with Crippen LogP contribution in [0.1, 0.15) is 6.92 Å². The van der Waals surface area contributed by atoms with Gasteiger partial charge in [-0.2, -0.15) is 9.98 Å². The summed E-state index contributed by atoms with van der Waals surface area (Å²) in [7, 11) is -4.20. The molecule has 0 bridgehead atoms. The molecule has 0 saturated carbocycles. The predicted octanol–water partition coefficient (Wildman–Crippen LogP) is -0.728. The van der Waals surface area contributed by atoms with E-state index in [2.05, 4.69) is 19.9 Å². The maximum absolute atomic E-state index is 10.8. The van der Waals surface area contributed by atoms with E-state index in [4.69, 9.17) is 26.0 Å². The van der Waals surface area contributed by atoms with Crippen LogP contribution in [0.4, 0.5) is 5.95 Å². The topological polar surface area (TPSA) is 175 Å². The summed E-state index contributed by atoms with van der Waals surface area (Å²) in [5.41, 5.74) is 11.6. The van der Waals surface area contributed by atoms with Gasteiger partial charge in [-0.1, -0.05) is 0 Å². The van der Waals surface area contributed by atoms with E-state index in [0.717, 1.165) is 0 Å². The van der Waals surface area contributed by atoms with E-state index in [9.17, 15) is 4.57 Å². The maximum atomic E-state index is 10.8. The van der Waals surface area contributed by atoms with Crippen LogP contribution in [0, 0.1) is 0 Å². The quantitative estimate of drug-likeness (QED) is 0.302. The first-order chi connectivity index (χ1) is 10.2. The molecule has 0 radical (unpaired) electrons. The average molecular weight is 329 g/mol. The van der Waals surface area contributed by atoms with Crippen LogP contribution < -0.4 is 11.5 Å². The lowest BCUT2D eigenvalue weighted by Gasteiger charge is -2.14. The zero-order valence-corrected chi connectivity index (χ0v) is 12.6. The van der Waals surface area contributed by atoms with Crippen molar-refractivity contribution < 1.29 is 19.1 Å². The second-order valence-electron chi connectivity index (χ2n) is 4.58. The van der Waals surface area contributed by atoms with E-state index in [1.54, 1.807) is 11.5 Å². The molecule has 0 aliphatic heterocycles. The Morgan fingerprint density at radius 2 is 2.23 bits per heavy atom. The summed E-state index contributed by atoms with van der Waals surface area (Å²) in [6.07, 6.45) is 1.90. The fourth-order valence-corrected chi connectivity index (χ4v) is 2.15. The lowest BCUT2D eigenvalue weighted by molar-refractivity contribution is 0.0764. The number of ether oxygens (including phenoxy) is 1. The molecule has 11 nitrogen and oxygen atoms in total. The van der Waals surface area contributed by atoms with Crippen molar-refractivity contribution in [1.29, 1.82) is 0 Å². The summed E-state index contributed by atoms with van der Waals surface area (Å²) < 4.78 is 17.5. The Balaban J connectivity index is 2.17. The standard InChI is InChI=1S/C10H16N7O4P/c1-6(21-5-22(18,19)20)3-17-4-14-7-2-13-10(15-8(7)17)16-9(11)12/h2,4,6H,3,5H2,1H3,(H2,18,19,20)(H4,11,12,13,15,16)/t6-/m0/s1. The zero-order chi connectivity index (χ0) is 16.3. The van der Waals surface area contributed by atoms with Gasteiger partial charge in [0.1, 0.15) is 11.9 Å². The minimum atomic E-state index is -4.20. The number of nitrogens with two attached hydrogens (primary N) is 2. The van der Waals surface area contributed by atoms with Crippen LogP contribution in [-0.4, -0.2) is 47.7 Å². The van der Waals surface area contributed by atoms with E-state index in [1.807, 2.05) is 0 Å². The van der Waals surface area contributed by atoms with E-state index in [0.29, 0.717) is 17.7 Å². The molecule has 6 N–H and O–H groups in total. The Kier molecular flexibility index (Phi) is 4.71. The molecule has 120 valence electrons. The van der Waals surface area contributed by atoms with Gasteiger partial charge >= 0.3 is 7.60 Å². The Morgan fingerprint density at radius 1 is 1.50 bits per heavy atom. The number of guanidine groups is 1. The molecule has 2 rings (SSSR count). The molecule has 0 unspecified atom stereocenters. The molecular formula is C10H16N7O4P. The first-order valence-corrected chi connectivity index (χ1v) is 7.98. The highest BCUT2D eigenvalue weighted by Gasteiger charge is 2.16. The number of rotatable bonds is 6. The van der Waals surface area contributed by atoms with Crippen LogP contribution >= 0.6 is 7.60 Å². The van der Waals surface area contributed by atoms with E-state index >= 15 is 0 Å². The third-order valence-electron chi connectivity index (χ3n) is 2.56. The van der Waals surface area contributed by atoms with Crippen molar-refractivity contribution in [1.82, 2.24) is 19.5 Å². The number of aromatic nitrogens is 4. The van der Waals surface area contributed by atoms with Gasteiger partial charge in [0.25, 0.3) is 5.95 Å². The number of nitrogens with zero attached hydrogens (tertiary/aromatic N) is 5. The van der Waals surface area contributed by atoms with Gasteiger partial charge in [-0.15, -0.1) is 0 Å². The molecule has 0 amide bonds. The molecule has 2 aromatic rings. The van der Waals surface area contributed by atoms with Crippen LogP contribution in [0.3, 0.4) is 0 Å². The summed E-state index contributed by atoms with van der Waals surface area (Å²) in [5, 5.41) is 0. The van der Waals surface area contributed by atoms with Gasteiger partial charge in [0.2, 0.25) is 0 Å². The van der Waals surface area contributed by atoms with E-state index in [1.165, 1.54) is 12.5 Å². The summed E-state index contributed by atoms with van der Waals surface area (Å²) in [4.78, 5) is 33.6. The molecule has 12 heteroatoms. The lowest BCUT2D eigenvalue weighted by atomic mass is 10.4. The molecule has 22 heavy (non-hydrogen) atoms. The summed E-state index contributed by atoms with van der Waals surface area (Å²) >= 11 is 0. The molecule has 2 heterocycles. The molecule has 0 aliphatic carbocycles. The summed E-state index contributed by atoms with van der Waals surface area (Å²) in [6.45, 7) is 1.98. The van der Waals surface area contributed by atoms with E-state index in [-0.39, 0.29) is 11.9 Å². The highest BCUT2D eigenvalue weighted by molar-refractivity contribution is 7.51. The SMILES string of the molecule is C[C@@H](Cn1cnc2cnc(N=C(N)N)nc21)OCP(=O)(O)O. The third-order valence-corrected chi connectivity index (χ3v) is 3.04.